The minimum Gasteiger partial charge on any atom is -0.494 e. The van der Waals surface area contributed by atoms with Crippen LogP contribution in [-0.2, 0) is 6.54 Å². The highest BCUT2D eigenvalue weighted by atomic mass is 16.3. The molecule has 0 aliphatic heterocycles. The molecule has 7 nitrogen and oxygen atoms in total. The van der Waals surface area contributed by atoms with Crippen molar-refractivity contribution in [2.24, 2.45) is 11.1 Å². The van der Waals surface area contributed by atoms with E-state index >= 15 is 0 Å². The summed E-state index contributed by atoms with van der Waals surface area (Å²) in [6, 6.07) is 0. The van der Waals surface area contributed by atoms with Crippen molar-refractivity contribution < 1.29 is 5.11 Å². The zero-order valence-corrected chi connectivity index (χ0v) is 10.1. The highest BCUT2D eigenvalue weighted by molar-refractivity contribution is 5.96. The van der Waals surface area contributed by atoms with Gasteiger partial charge < -0.3 is 10.8 Å². The van der Waals surface area contributed by atoms with E-state index in [1.807, 2.05) is 6.92 Å². The van der Waals surface area contributed by atoms with E-state index < -0.39 is 23.0 Å². The van der Waals surface area contributed by atoms with E-state index in [4.69, 9.17) is 11.1 Å². The van der Waals surface area contributed by atoms with Crippen LogP contribution in [0.3, 0.4) is 0 Å². The first-order valence-corrected chi connectivity index (χ1v) is 5.74. The minimum absolute atomic E-state index is 0.0480. The number of aromatic amines is 1. The molecule has 0 saturated heterocycles. The van der Waals surface area contributed by atoms with Gasteiger partial charge in [0, 0.05) is 6.54 Å². The summed E-state index contributed by atoms with van der Waals surface area (Å²) in [6.45, 7) is 2.33. The molecule has 5 N–H and O–H groups in total. The van der Waals surface area contributed by atoms with Gasteiger partial charge in [0.25, 0.3) is 5.56 Å². The molecule has 1 aromatic heterocycles. The van der Waals surface area contributed by atoms with Crippen LogP contribution in [0, 0.1) is 10.8 Å². The summed E-state index contributed by atoms with van der Waals surface area (Å²) in [5.41, 5.74) is 3.33. The molecular formula is C11H16N4O3. The van der Waals surface area contributed by atoms with Gasteiger partial charge in [0.15, 0.2) is 0 Å². The van der Waals surface area contributed by atoms with Gasteiger partial charge in [0.05, 0.1) is 0 Å². The maximum Gasteiger partial charge on any atom is 0.331 e. The second kappa shape index (κ2) is 4.01. The number of aromatic hydroxyl groups is 1. The van der Waals surface area contributed by atoms with E-state index in [2.05, 4.69) is 4.98 Å². The lowest BCUT2D eigenvalue weighted by Gasteiger charge is -2.38. The predicted molar refractivity (Wildman–Crippen MR) is 66.0 cm³/mol. The van der Waals surface area contributed by atoms with Crippen LogP contribution in [0.15, 0.2) is 9.59 Å². The number of rotatable bonds is 3. The van der Waals surface area contributed by atoms with Gasteiger partial charge in [0.1, 0.15) is 11.4 Å². The van der Waals surface area contributed by atoms with Crippen molar-refractivity contribution in [2.45, 2.75) is 32.7 Å². The van der Waals surface area contributed by atoms with Crippen LogP contribution in [0.5, 0.6) is 5.88 Å². The Bertz CT molecular complexity index is 610. The first-order chi connectivity index (χ1) is 8.34. The third-order valence-electron chi connectivity index (χ3n) is 3.54. The highest BCUT2D eigenvalue weighted by Crippen LogP contribution is 2.41. The Hall–Kier alpha value is -2.05. The van der Waals surface area contributed by atoms with E-state index in [-0.39, 0.29) is 11.0 Å². The van der Waals surface area contributed by atoms with Crippen LogP contribution in [0.25, 0.3) is 0 Å². The Labute approximate surface area is 103 Å². The van der Waals surface area contributed by atoms with E-state index in [9.17, 15) is 14.7 Å². The van der Waals surface area contributed by atoms with Gasteiger partial charge in [-0.15, -0.1) is 0 Å². The number of nitrogen functional groups attached to an aromatic ring is 1. The lowest BCUT2D eigenvalue weighted by Crippen LogP contribution is -2.40. The van der Waals surface area contributed by atoms with Crippen LogP contribution in [0.4, 0.5) is 0 Å². The summed E-state index contributed by atoms with van der Waals surface area (Å²) < 4.78 is 1.08. The van der Waals surface area contributed by atoms with Crippen molar-refractivity contribution >= 4 is 5.84 Å². The summed E-state index contributed by atoms with van der Waals surface area (Å²) in [7, 11) is 0. The number of hydrogen-bond acceptors (Lipinski definition) is 4. The van der Waals surface area contributed by atoms with Crippen LogP contribution in [0.2, 0.25) is 0 Å². The lowest BCUT2D eigenvalue weighted by atomic mass is 9.70. The van der Waals surface area contributed by atoms with E-state index in [1.54, 1.807) is 0 Å². The van der Waals surface area contributed by atoms with Gasteiger partial charge in [-0.2, -0.15) is 0 Å². The Balaban J connectivity index is 2.53. The standard InChI is InChI=1S/C11H16N4O3/c1-11(3-2-4-11)5-15-9(17)6(7(12)13)8(16)14-10(15)18/h17H,2-5H2,1H3,(H3,12,13)(H,14,16,18). The number of nitrogens with zero attached hydrogens (tertiary/aromatic N) is 1. The largest absolute Gasteiger partial charge is 0.494 e. The lowest BCUT2D eigenvalue weighted by molar-refractivity contribution is 0.124. The fourth-order valence-corrected chi connectivity index (χ4v) is 2.27. The van der Waals surface area contributed by atoms with Gasteiger partial charge in [-0.1, -0.05) is 13.3 Å². The monoisotopic (exact) mass is 252 g/mol. The molecule has 0 radical (unpaired) electrons. The van der Waals surface area contributed by atoms with Crippen LogP contribution in [0.1, 0.15) is 31.7 Å². The zero-order chi connectivity index (χ0) is 13.5. The topological polar surface area (TPSA) is 125 Å². The van der Waals surface area contributed by atoms with Crippen molar-refractivity contribution in [3.8, 4) is 5.88 Å². The molecule has 2 rings (SSSR count). The normalized spacial score (nSPS) is 17.2. The number of amidine groups is 1. The molecular weight excluding hydrogens is 236 g/mol. The molecule has 0 amide bonds. The van der Waals surface area contributed by atoms with E-state index in [0.29, 0.717) is 6.54 Å². The maximum atomic E-state index is 11.7. The van der Waals surface area contributed by atoms with Crippen LogP contribution < -0.4 is 17.0 Å². The molecule has 1 aromatic rings. The molecule has 98 valence electrons. The second-order valence-electron chi connectivity index (χ2n) is 5.12. The Morgan fingerprint density at radius 1 is 1.56 bits per heavy atom. The number of nitrogens with two attached hydrogens (primary N) is 1. The van der Waals surface area contributed by atoms with E-state index in [1.165, 1.54) is 0 Å². The third kappa shape index (κ3) is 1.92. The number of aromatic nitrogens is 2. The number of hydrogen-bond donors (Lipinski definition) is 4. The van der Waals surface area contributed by atoms with Gasteiger partial charge in [-0.25, -0.2) is 4.79 Å². The van der Waals surface area contributed by atoms with Crippen molar-refractivity contribution in [3.05, 3.63) is 26.4 Å². The summed E-state index contributed by atoms with van der Waals surface area (Å²) in [5.74, 6) is -1.08. The van der Waals surface area contributed by atoms with Crippen molar-refractivity contribution in [1.82, 2.24) is 9.55 Å². The quantitative estimate of drug-likeness (QED) is 0.436. The van der Waals surface area contributed by atoms with Crippen molar-refractivity contribution in [1.29, 1.82) is 5.41 Å². The average molecular weight is 252 g/mol. The summed E-state index contributed by atoms with van der Waals surface area (Å²) in [4.78, 5) is 25.2. The fourth-order valence-electron chi connectivity index (χ4n) is 2.27. The molecule has 1 aliphatic carbocycles. The smallest absolute Gasteiger partial charge is 0.331 e. The maximum absolute atomic E-state index is 11.7. The Morgan fingerprint density at radius 2 is 2.17 bits per heavy atom. The average Bonchev–Trinajstić information content (AvgIpc) is 2.20. The molecule has 1 heterocycles. The fraction of sp³-hybridized carbons (Fsp3) is 0.545. The third-order valence-corrected chi connectivity index (χ3v) is 3.54. The number of H-pyrrole nitrogens is 1. The Kier molecular flexibility index (Phi) is 2.76. The van der Waals surface area contributed by atoms with Gasteiger partial charge in [-0.05, 0) is 18.3 Å². The first-order valence-electron chi connectivity index (χ1n) is 5.74. The highest BCUT2D eigenvalue weighted by Gasteiger charge is 2.33. The predicted octanol–water partition coefficient (Wildman–Crippen LogP) is -0.284. The van der Waals surface area contributed by atoms with Crippen molar-refractivity contribution in [3.63, 3.8) is 0 Å². The molecule has 0 unspecified atom stereocenters. The molecule has 0 atom stereocenters. The molecule has 7 heteroatoms. The molecule has 18 heavy (non-hydrogen) atoms. The van der Waals surface area contributed by atoms with Gasteiger partial charge in [-0.3, -0.25) is 19.8 Å². The zero-order valence-electron chi connectivity index (χ0n) is 10.1. The minimum atomic E-state index is -0.833. The molecule has 0 spiro atoms. The second-order valence-corrected chi connectivity index (χ2v) is 5.12. The Morgan fingerprint density at radius 3 is 2.61 bits per heavy atom. The number of nitrogens with one attached hydrogen (secondary N) is 2. The SMILES string of the molecule is CC1(Cn2c(O)c(C(=N)N)c(=O)[nH]c2=O)CCC1. The van der Waals surface area contributed by atoms with Gasteiger partial charge >= 0.3 is 5.69 Å². The first kappa shape index (κ1) is 12.4. The molecule has 0 aromatic carbocycles. The van der Waals surface area contributed by atoms with Gasteiger partial charge in [0.2, 0.25) is 5.88 Å². The summed E-state index contributed by atoms with van der Waals surface area (Å²) >= 11 is 0. The summed E-state index contributed by atoms with van der Waals surface area (Å²) in [5, 5.41) is 17.2. The molecule has 0 bridgehead atoms. The summed E-state index contributed by atoms with van der Waals surface area (Å²) in [6.07, 6.45) is 3.02. The van der Waals surface area contributed by atoms with Crippen LogP contribution >= 0.6 is 0 Å². The van der Waals surface area contributed by atoms with Crippen molar-refractivity contribution in [2.75, 3.05) is 0 Å². The molecule has 1 aliphatic rings. The van der Waals surface area contributed by atoms with Crippen LogP contribution in [-0.4, -0.2) is 20.5 Å². The van der Waals surface area contributed by atoms with E-state index in [0.717, 1.165) is 23.8 Å². The molecule has 1 saturated carbocycles. The molecule has 1 fully saturated rings.